The Balaban J connectivity index is 1.00. The average Bonchev–Trinajstić information content (AvgIpc) is 3.46. The average molecular weight is 1180 g/mol. The lowest BCUT2D eigenvalue weighted by molar-refractivity contribution is -0.359. The molecular weight excluding hydrogens is 1100 g/mol. The third-order valence-corrected chi connectivity index (χ3v) is 15.0. The van der Waals surface area contributed by atoms with Gasteiger partial charge in [-0.15, -0.1) is 0 Å². The molecule has 33 nitrogen and oxygen atoms in total. The number of aliphatic hydroxyl groups excluding tert-OH is 21. The van der Waals surface area contributed by atoms with Crippen molar-refractivity contribution in [2.24, 2.45) is 0 Å². The van der Waals surface area contributed by atoms with Gasteiger partial charge in [0.2, 0.25) is 0 Å². The highest BCUT2D eigenvalue weighted by Gasteiger charge is 2.54. The molecule has 33 heteroatoms. The normalized spacial score (nSPS) is 46.2. The predicted octanol–water partition coefficient (Wildman–Crippen LogP) is -12.8. The van der Waals surface area contributed by atoms with Gasteiger partial charge in [-0.3, -0.25) is 0 Å². The first-order valence-corrected chi connectivity index (χ1v) is 26.3. The minimum absolute atomic E-state index is 0.0646. The first-order chi connectivity index (χ1) is 38.6. The summed E-state index contributed by atoms with van der Waals surface area (Å²) in [4.78, 5) is 0. The van der Waals surface area contributed by atoms with Gasteiger partial charge in [0.15, 0.2) is 37.7 Å². The number of benzene rings is 1. The van der Waals surface area contributed by atoms with E-state index in [0.29, 0.717) is 16.7 Å². The summed E-state index contributed by atoms with van der Waals surface area (Å²) in [7, 11) is 0. The second-order valence-electron chi connectivity index (χ2n) is 20.5. The van der Waals surface area contributed by atoms with Crippen LogP contribution in [-0.2, 0) is 76.1 Å². The minimum Gasteiger partial charge on any atom is -0.394 e. The van der Waals surface area contributed by atoms with Crippen molar-refractivity contribution in [1.82, 2.24) is 0 Å². The Kier molecular flexibility index (Phi) is 24.6. The SMILES string of the molecule is OC[C@H]1O[C@H](O[C@H]2[C@H](O)[C@@H](O)[C@H](OCCc3cc(CCO[C@@H]4O[C@H](CO)[C@@H](O[C@H]5O[C@H](CO)[C@@H](O)[C@H](O)[C@H]5O)[C@H](O)[C@H]4O)cc(CCO[C@@H]4O[C@H](CO)[C@@H](O[C@H]5O[C@H](CO)[C@@H](O)[C@H](O)[C@H]5O)[C@H](O)[C@H]4O)c3)O[C@@H]2CO)[C@H](O)[C@@H](O)[C@@H]1O. The summed E-state index contributed by atoms with van der Waals surface area (Å²) in [6.45, 7) is -5.47. The Morgan fingerprint density at radius 3 is 0.691 bits per heavy atom. The van der Waals surface area contributed by atoms with Crippen LogP contribution in [0.5, 0.6) is 0 Å². The molecular formula is C48H78O33. The second kappa shape index (κ2) is 30.0. The zero-order valence-corrected chi connectivity index (χ0v) is 43.3. The number of ether oxygens (including phenoxy) is 12. The lowest BCUT2D eigenvalue weighted by Gasteiger charge is -2.46. The van der Waals surface area contributed by atoms with E-state index in [2.05, 4.69) is 0 Å². The van der Waals surface area contributed by atoms with Crippen molar-refractivity contribution in [3.05, 3.63) is 34.9 Å². The molecule has 6 aliphatic rings. The van der Waals surface area contributed by atoms with E-state index in [1.165, 1.54) is 0 Å². The van der Waals surface area contributed by atoms with Crippen LogP contribution in [0.25, 0.3) is 0 Å². The van der Waals surface area contributed by atoms with Crippen molar-refractivity contribution in [3.63, 3.8) is 0 Å². The summed E-state index contributed by atoms with van der Waals surface area (Å²) in [6.07, 6.45) is -50.4. The molecule has 0 radical (unpaired) electrons. The van der Waals surface area contributed by atoms with Crippen LogP contribution in [0, 0.1) is 0 Å². The van der Waals surface area contributed by atoms with Crippen LogP contribution in [0.2, 0.25) is 0 Å². The van der Waals surface area contributed by atoms with Gasteiger partial charge in [-0.2, -0.15) is 0 Å². The van der Waals surface area contributed by atoms with E-state index in [1.807, 2.05) is 0 Å². The maximum absolute atomic E-state index is 11.1. The van der Waals surface area contributed by atoms with Crippen molar-refractivity contribution >= 4 is 0 Å². The third kappa shape index (κ3) is 15.2. The molecule has 21 N–H and O–H groups in total. The Bertz CT molecular complexity index is 1790. The molecule has 81 heavy (non-hydrogen) atoms. The van der Waals surface area contributed by atoms with Crippen LogP contribution >= 0.6 is 0 Å². The van der Waals surface area contributed by atoms with Crippen LogP contribution < -0.4 is 0 Å². The molecule has 0 aliphatic carbocycles. The molecule has 0 bridgehead atoms. The molecule has 6 heterocycles. The highest BCUT2D eigenvalue weighted by Crippen LogP contribution is 2.34. The van der Waals surface area contributed by atoms with Gasteiger partial charge < -0.3 is 164 Å². The molecule has 7 rings (SSSR count). The van der Waals surface area contributed by atoms with E-state index in [9.17, 15) is 107 Å². The number of hydrogen-bond acceptors (Lipinski definition) is 33. The highest BCUT2D eigenvalue weighted by atomic mass is 16.8. The number of rotatable bonds is 24. The standard InChI is InChI=1S/C48H78O33/c49-10-19-25(55)28(58)34(64)46(73-19)79-40-22(13-52)76-43(37(67)31(40)61)70-4-1-16-7-17(2-5-71-44-38(68)32(62)41(23(14-53)77-44)80-47-35(65)29(59)26(56)20(11-50)74-47)9-18(8-16)3-6-72-45-39(69)33(63)42(24(15-54)78-45)81-48-36(66)30(60)27(57)21(12-51)75-48/h7-9,19-69H,1-6,10-15H2/t19-,20-,21-,22-,23-,24-,25-,26-,27-,28+,29+,30+,31-,32-,33-,34-,35-,36-,37-,38-,39-,40-,41-,42-,43-,44-,45-,46-,47-,48-/m1/s1. The molecule has 0 spiro atoms. The Hall–Kier alpha value is -2.10. The minimum atomic E-state index is -1.89. The van der Waals surface area contributed by atoms with Crippen LogP contribution in [-0.4, -0.2) is 351 Å². The fraction of sp³-hybridized carbons (Fsp3) is 0.875. The Morgan fingerprint density at radius 1 is 0.259 bits per heavy atom. The van der Waals surface area contributed by atoms with Gasteiger partial charge in [0, 0.05) is 0 Å². The first kappa shape index (κ1) is 66.4. The maximum atomic E-state index is 11.1. The van der Waals surface area contributed by atoms with Crippen LogP contribution in [0.3, 0.4) is 0 Å². The Morgan fingerprint density at radius 2 is 0.469 bits per heavy atom. The maximum Gasteiger partial charge on any atom is 0.187 e. The molecule has 0 amide bonds. The van der Waals surface area contributed by atoms with Gasteiger partial charge >= 0.3 is 0 Å². The van der Waals surface area contributed by atoms with E-state index < -0.39 is 224 Å². The second-order valence-corrected chi connectivity index (χ2v) is 20.5. The van der Waals surface area contributed by atoms with E-state index >= 15 is 0 Å². The predicted molar refractivity (Wildman–Crippen MR) is 255 cm³/mol. The van der Waals surface area contributed by atoms with Gasteiger partial charge in [-0.25, -0.2) is 0 Å². The summed E-state index contributed by atoms with van der Waals surface area (Å²) < 4.78 is 67.6. The lowest BCUT2D eigenvalue weighted by atomic mass is 9.97. The van der Waals surface area contributed by atoms with Gasteiger partial charge in [-0.1, -0.05) is 18.2 Å². The summed E-state index contributed by atoms with van der Waals surface area (Å²) in [5.74, 6) is 0. The van der Waals surface area contributed by atoms with E-state index in [0.717, 1.165) is 0 Å². The van der Waals surface area contributed by atoms with Crippen molar-refractivity contribution in [2.75, 3.05) is 59.5 Å². The topological polar surface area (TPSA) is 536 Å². The van der Waals surface area contributed by atoms with Crippen LogP contribution in [0.15, 0.2) is 18.2 Å². The molecule has 468 valence electrons. The summed E-state index contributed by atoms with van der Waals surface area (Å²) in [5.41, 5.74) is 1.69. The van der Waals surface area contributed by atoms with Crippen molar-refractivity contribution in [2.45, 2.75) is 203 Å². The zero-order valence-electron chi connectivity index (χ0n) is 43.3. The molecule has 30 atom stereocenters. The number of hydrogen-bond donors (Lipinski definition) is 21. The molecule has 6 fully saturated rings. The largest absolute Gasteiger partial charge is 0.394 e. The van der Waals surface area contributed by atoms with Crippen LogP contribution in [0.1, 0.15) is 16.7 Å². The summed E-state index contributed by atoms with van der Waals surface area (Å²) >= 11 is 0. The molecule has 6 aliphatic heterocycles. The lowest BCUT2D eigenvalue weighted by Crippen LogP contribution is -2.64. The molecule has 0 unspecified atom stereocenters. The number of aliphatic hydroxyl groups is 21. The smallest absolute Gasteiger partial charge is 0.187 e. The van der Waals surface area contributed by atoms with E-state index in [-0.39, 0.29) is 39.1 Å². The summed E-state index contributed by atoms with van der Waals surface area (Å²) in [5, 5.41) is 218. The fourth-order valence-corrected chi connectivity index (χ4v) is 10.2. The zero-order chi connectivity index (χ0) is 59.1. The molecule has 1 aromatic carbocycles. The quantitative estimate of drug-likeness (QED) is 0.0457. The van der Waals surface area contributed by atoms with Crippen molar-refractivity contribution < 1.29 is 164 Å². The molecule has 1 aromatic rings. The first-order valence-electron chi connectivity index (χ1n) is 26.3. The van der Waals surface area contributed by atoms with E-state index in [4.69, 9.17) is 56.8 Å². The highest BCUT2D eigenvalue weighted by molar-refractivity contribution is 5.31. The van der Waals surface area contributed by atoms with Crippen LogP contribution in [0.4, 0.5) is 0 Å². The van der Waals surface area contributed by atoms with Crippen molar-refractivity contribution in [1.29, 1.82) is 0 Å². The Labute approximate surface area is 461 Å². The molecule has 0 saturated carbocycles. The third-order valence-electron chi connectivity index (χ3n) is 15.0. The van der Waals surface area contributed by atoms with Crippen molar-refractivity contribution in [3.8, 4) is 0 Å². The van der Waals surface area contributed by atoms with Gasteiger partial charge in [0.05, 0.1) is 59.5 Å². The summed E-state index contributed by atoms with van der Waals surface area (Å²) in [6, 6.07) is 5.14. The van der Waals surface area contributed by atoms with Gasteiger partial charge in [0.1, 0.15) is 146 Å². The fourth-order valence-electron chi connectivity index (χ4n) is 10.2. The van der Waals surface area contributed by atoms with E-state index in [1.54, 1.807) is 18.2 Å². The molecule has 0 aromatic heterocycles. The van der Waals surface area contributed by atoms with Gasteiger partial charge in [-0.05, 0) is 36.0 Å². The monoisotopic (exact) mass is 1180 g/mol. The van der Waals surface area contributed by atoms with Gasteiger partial charge in [0.25, 0.3) is 0 Å². The molecule has 6 saturated heterocycles.